The van der Waals surface area contributed by atoms with E-state index in [1.165, 1.54) is 57.5 Å². The molecule has 6 unspecified atom stereocenters. The van der Waals surface area contributed by atoms with Crippen LogP contribution in [-0.4, -0.2) is 157 Å². The quantitative estimate of drug-likeness (QED) is 0.0152. The van der Waals surface area contributed by atoms with Gasteiger partial charge >= 0.3 is 23.5 Å². The van der Waals surface area contributed by atoms with Crippen LogP contribution in [0.5, 0.6) is 0 Å². The topological polar surface area (TPSA) is 351 Å². The summed E-state index contributed by atoms with van der Waals surface area (Å²) in [6, 6.07) is -0.973. The molecule has 4 rings (SSSR count). The molecule has 4 aliphatic rings. The molecule has 3 heterocycles. The second-order valence-electron chi connectivity index (χ2n) is 16.0. The van der Waals surface area contributed by atoms with Crippen molar-refractivity contribution in [2.24, 2.45) is 0 Å². The van der Waals surface area contributed by atoms with Crippen LogP contribution >= 0.6 is 23.5 Å². The van der Waals surface area contributed by atoms with E-state index in [1.54, 1.807) is 0 Å². The highest BCUT2D eigenvalue weighted by molar-refractivity contribution is 7.48. The molecule has 0 radical (unpaired) electrons. The second kappa shape index (κ2) is 30.0. The SMILES string of the molecule is COP(=O)(OC)OC1=C(COP(=O)(OC)OC2CCO[C@@H]2COP(=O)(O)OC2CO[C@@H](N/C=C(/C=C\C(O)NCCNC(=O)/C=C3/C=CC3)C(C)=O)C2)OCC1N/C=C(/C=C\C(=O)NCCNC(C)=O)C(C)=O. The largest absolute Gasteiger partial charge is 0.529 e. The standard InChI is InChI=1S/C43H65N6O21P3/c1-28(50)32(10-12-39(53)45-16-15-44-30(3)52)22-48-35-25-64-38(43(35)70-72(58,60-4)61-5)27-67-73(59,62-6)69-36-14-19-63-37(36)26-66-71(56,57)68-34-21-42(65-24-34)49-23-33(29(2)51)11-13-40(54)46-17-18-47-41(55)20-31-8-7-9-31/h7-8,10-13,20,22-23,34-37,40,42,46,48-49,54H,9,14-19,21,24-27H2,1-6H3,(H,44,52)(H,45,53)(H,47,55)(H,56,57)/b12-10-,13-11-,31-20-,32-22-,33-23-/t34?,35?,36?,37-,40?,42-,73?/m1/s1. The van der Waals surface area contributed by atoms with Crippen LogP contribution in [-0.2, 0) is 88.1 Å². The summed E-state index contributed by atoms with van der Waals surface area (Å²) in [5.41, 5.74) is 1.15. The number of aliphatic hydroxyl groups is 1. The number of carbonyl (C=O) groups excluding carboxylic acids is 5. The van der Waals surface area contributed by atoms with E-state index in [4.69, 9.17) is 50.4 Å². The van der Waals surface area contributed by atoms with Gasteiger partial charge in [-0.25, -0.2) is 13.7 Å². The van der Waals surface area contributed by atoms with Gasteiger partial charge in [-0.3, -0.25) is 61.0 Å². The number of ether oxygens (including phenoxy) is 3. The first-order valence-corrected chi connectivity index (χ1v) is 27.1. The first kappa shape index (κ1) is 60.9. The van der Waals surface area contributed by atoms with Crippen molar-refractivity contribution in [1.29, 1.82) is 0 Å². The van der Waals surface area contributed by atoms with Crippen LogP contribution < -0.4 is 31.9 Å². The molecule has 0 aromatic heterocycles. The summed E-state index contributed by atoms with van der Waals surface area (Å²) in [5.74, 6) is -2.17. The molecule has 408 valence electrons. The molecule has 2 fully saturated rings. The molecule has 30 heteroatoms. The second-order valence-corrected chi connectivity index (χ2v) is 20.9. The lowest BCUT2D eigenvalue weighted by Crippen LogP contribution is -2.35. The lowest BCUT2D eigenvalue weighted by Gasteiger charge is -2.24. The summed E-state index contributed by atoms with van der Waals surface area (Å²) in [6.07, 6.45) is 9.08. The van der Waals surface area contributed by atoms with Crippen molar-refractivity contribution in [3.8, 4) is 0 Å². The zero-order valence-corrected chi connectivity index (χ0v) is 43.8. The molecule has 8 atom stereocenters. The van der Waals surface area contributed by atoms with Crippen molar-refractivity contribution in [2.45, 2.75) is 76.8 Å². The normalized spacial score (nSPS) is 23.9. The summed E-state index contributed by atoms with van der Waals surface area (Å²) in [5, 5.41) is 26.6. The lowest BCUT2D eigenvalue weighted by molar-refractivity contribution is -0.120. The van der Waals surface area contributed by atoms with E-state index >= 15 is 0 Å². The van der Waals surface area contributed by atoms with Crippen molar-refractivity contribution in [1.82, 2.24) is 31.9 Å². The van der Waals surface area contributed by atoms with Crippen molar-refractivity contribution in [3.63, 3.8) is 0 Å². The lowest BCUT2D eigenvalue weighted by atomic mass is 10.0. The average molecular weight is 1090 g/mol. The Morgan fingerprint density at radius 2 is 1.47 bits per heavy atom. The number of phosphoric acid groups is 3. The van der Waals surface area contributed by atoms with Crippen LogP contribution in [0.3, 0.4) is 0 Å². The molecule has 27 nitrogen and oxygen atoms in total. The number of phosphoric ester groups is 3. The number of rotatable bonds is 33. The number of Topliss-reactive ketones (excluding diaryl/α,β-unsaturated/α-hetero) is 2. The predicted octanol–water partition coefficient (Wildman–Crippen LogP) is 1.61. The maximum absolute atomic E-state index is 13.8. The molecule has 0 saturated carbocycles. The minimum atomic E-state index is -4.76. The van der Waals surface area contributed by atoms with Crippen molar-refractivity contribution in [3.05, 3.63) is 83.2 Å². The average Bonchev–Trinajstić information content (AvgIpc) is 4.08. The predicted molar refractivity (Wildman–Crippen MR) is 257 cm³/mol. The molecule has 1 aliphatic carbocycles. The molecule has 3 amide bonds. The highest BCUT2D eigenvalue weighted by atomic mass is 31.2. The summed E-state index contributed by atoms with van der Waals surface area (Å²) in [4.78, 5) is 70.5. The van der Waals surface area contributed by atoms with E-state index in [2.05, 4.69) is 31.9 Å². The summed E-state index contributed by atoms with van der Waals surface area (Å²) in [6.45, 7) is 3.29. The van der Waals surface area contributed by atoms with Gasteiger partial charge in [0.1, 0.15) is 43.9 Å². The molecule has 0 aromatic rings. The van der Waals surface area contributed by atoms with Gasteiger partial charge in [-0.2, -0.15) is 0 Å². The van der Waals surface area contributed by atoms with Crippen LogP contribution in [0.15, 0.2) is 83.2 Å². The monoisotopic (exact) mass is 1090 g/mol. The third-order valence-electron chi connectivity index (χ3n) is 10.4. The maximum Gasteiger partial charge on any atom is 0.529 e. The van der Waals surface area contributed by atoms with E-state index in [-0.39, 0.29) is 99.1 Å². The number of aliphatic hydroxyl groups excluding tert-OH is 1. The highest BCUT2D eigenvalue weighted by Crippen LogP contribution is 2.54. The summed E-state index contributed by atoms with van der Waals surface area (Å²) >= 11 is 0. The highest BCUT2D eigenvalue weighted by Gasteiger charge is 2.42. The van der Waals surface area contributed by atoms with Crippen molar-refractivity contribution >= 4 is 52.8 Å². The van der Waals surface area contributed by atoms with Crippen LogP contribution in [0, 0.1) is 0 Å². The van der Waals surface area contributed by atoms with E-state index in [0.717, 1.165) is 39.4 Å². The zero-order valence-electron chi connectivity index (χ0n) is 41.1. The number of ketones is 2. The van der Waals surface area contributed by atoms with Crippen molar-refractivity contribution in [2.75, 3.05) is 80.5 Å². The van der Waals surface area contributed by atoms with Gasteiger partial charge in [-0.1, -0.05) is 18.2 Å². The number of nitrogens with one attached hydrogen (secondary N) is 6. The van der Waals surface area contributed by atoms with Gasteiger partial charge in [0.05, 0.1) is 19.3 Å². The summed E-state index contributed by atoms with van der Waals surface area (Å²) < 4.78 is 99.4. The zero-order chi connectivity index (χ0) is 53.6. The Hall–Kier alpha value is -4.66. The Morgan fingerprint density at radius 1 is 0.808 bits per heavy atom. The van der Waals surface area contributed by atoms with Gasteiger partial charge in [0.25, 0.3) is 0 Å². The molecule has 3 aliphatic heterocycles. The summed E-state index contributed by atoms with van der Waals surface area (Å²) in [7, 11) is -10.3. The molecule has 73 heavy (non-hydrogen) atoms. The van der Waals surface area contributed by atoms with E-state index in [0.29, 0.717) is 0 Å². The molecule has 0 aromatic carbocycles. The number of hydrogen-bond acceptors (Lipinski definition) is 23. The first-order valence-electron chi connectivity index (χ1n) is 22.7. The van der Waals surface area contributed by atoms with E-state index < -0.39 is 85.2 Å². The number of allylic oxidation sites excluding steroid dienone is 7. The Kier molecular flexibility index (Phi) is 25.1. The Morgan fingerprint density at radius 3 is 2.12 bits per heavy atom. The fourth-order valence-electron chi connectivity index (χ4n) is 6.46. The number of amides is 3. The fraction of sp³-hybridized carbons (Fsp3) is 0.558. The molecule has 0 spiro atoms. The van der Waals surface area contributed by atoms with E-state index in [9.17, 15) is 47.7 Å². The molecular formula is C43H65N6O21P3. The van der Waals surface area contributed by atoms with E-state index in [1.807, 2.05) is 12.2 Å². The van der Waals surface area contributed by atoms with Gasteiger partial charge < -0.3 is 55.3 Å². The molecule has 8 N–H and O–H groups in total. The minimum Gasteiger partial charge on any atom is -0.489 e. The smallest absolute Gasteiger partial charge is 0.489 e. The fourth-order valence-corrected chi connectivity index (χ4v) is 9.25. The van der Waals surface area contributed by atoms with Gasteiger partial charge in [0.15, 0.2) is 23.1 Å². The van der Waals surface area contributed by atoms with Crippen LogP contribution in [0.25, 0.3) is 0 Å². The van der Waals surface area contributed by atoms with Gasteiger partial charge in [0.2, 0.25) is 17.7 Å². The van der Waals surface area contributed by atoms with Crippen molar-refractivity contribution < 1.29 is 98.1 Å². The van der Waals surface area contributed by atoms with Crippen LogP contribution in [0.4, 0.5) is 0 Å². The Bertz CT molecular complexity index is 2310. The number of carbonyl (C=O) groups is 5. The van der Waals surface area contributed by atoms with Gasteiger partial charge in [0, 0.05) is 110 Å². The first-order chi connectivity index (χ1) is 34.7. The third-order valence-corrected chi connectivity index (χ3v) is 14.2. The van der Waals surface area contributed by atoms with Crippen LogP contribution in [0.2, 0.25) is 0 Å². The Balaban J connectivity index is 1.28. The van der Waals surface area contributed by atoms with Gasteiger partial charge in [-0.05, 0) is 38.0 Å². The van der Waals surface area contributed by atoms with Crippen LogP contribution in [0.1, 0.15) is 40.0 Å². The third kappa shape index (κ3) is 21.6. The number of hydrogen-bond donors (Lipinski definition) is 8. The maximum atomic E-state index is 13.8. The van der Waals surface area contributed by atoms with Gasteiger partial charge in [-0.15, -0.1) is 0 Å². The molecule has 0 bridgehead atoms. The Labute approximate surface area is 422 Å². The molecule has 2 saturated heterocycles. The minimum absolute atomic E-state index is 0.0365. The molecular weight excluding hydrogens is 1030 g/mol.